The van der Waals surface area contributed by atoms with Crippen molar-refractivity contribution in [2.24, 2.45) is 5.92 Å². The smallest absolute Gasteiger partial charge is 0.124 e. The maximum atomic E-state index is 9.03. The molecule has 2 heterocycles. The zero-order valence-electron chi connectivity index (χ0n) is 11.0. The van der Waals surface area contributed by atoms with Crippen LogP contribution < -0.4 is 10.1 Å². The molecule has 0 aromatic heterocycles. The van der Waals surface area contributed by atoms with Gasteiger partial charge in [-0.2, -0.15) is 5.26 Å². The molecular formula is C17H14N2O. The first kappa shape index (κ1) is 11.4. The Morgan fingerprint density at radius 3 is 3.00 bits per heavy atom. The van der Waals surface area contributed by atoms with Crippen molar-refractivity contribution in [1.29, 1.82) is 5.26 Å². The van der Waals surface area contributed by atoms with Gasteiger partial charge in [-0.1, -0.05) is 24.3 Å². The highest BCUT2D eigenvalue weighted by molar-refractivity contribution is 5.60. The SMILES string of the molecule is N#Cc1ccc2c(c1)NC1c3ccccc3OCC1C2. The Labute approximate surface area is 117 Å². The molecule has 2 atom stereocenters. The van der Waals surface area contributed by atoms with Crippen molar-refractivity contribution in [2.75, 3.05) is 11.9 Å². The summed E-state index contributed by atoms with van der Waals surface area (Å²) in [6, 6.07) is 16.6. The maximum Gasteiger partial charge on any atom is 0.124 e. The Balaban J connectivity index is 1.77. The zero-order chi connectivity index (χ0) is 13.5. The van der Waals surface area contributed by atoms with Crippen LogP contribution in [0, 0.1) is 17.2 Å². The lowest BCUT2D eigenvalue weighted by Gasteiger charge is -2.39. The van der Waals surface area contributed by atoms with Crippen LogP contribution >= 0.6 is 0 Å². The first-order valence-electron chi connectivity index (χ1n) is 6.86. The first-order valence-corrected chi connectivity index (χ1v) is 6.86. The summed E-state index contributed by atoms with van der Waals surface area (Å²) in [4.78, 5) is 0. The number of hydrogen-bond donors (Lipinski definition) is 1. The second-order valence-electron chi connectivity index (χ2n) is 5.42. The summed E-state index contributed by atoms with van der Waals surface area (Å²) in [5.41, 5.74) is 4.28. The molecule has 0 radical (unpaired) electrons. The summed E-state index contributed by atoms with van der Waals surface area (Å²) in [6.07, 6.45) is 0.993. The second-order valence-corrected chi connectivity index (χ2v) is 5.42. The van der Waals surface area contributed by atoms with Gasteiger partial charge >= 0.3 is 0 Å². The summed E-state index contributed by atoms with van der Waals surface area (Å²) in [6.45, 7) is 0.744. The topological polar surface area (TPSA) is 45.0 Å². The lowest BCUT2D eigenvalue weighted by Crippen LogP contribution is -2.35. The zero-order valence-corrected chi connectivity index (χ0v) is 11.0. The largest absolute Gasteiger partial charge is 0.493 e. The highest BCUT2D eigenvalue weighted by atomic mass is 16.5. The van der Waals surface area contributed by atoms with Crippen molar-refractivity contribution in [3.8, 4) is 11.8 Å². The van der Waals surface area contributed by atoms with Gasteiger partial charge in [0.05, 0.1) is 24.3 Å². The first-order chi connectivity index (χ1) is 9.85. The molecule has 2 aromatic carbocycles. The molecule has 2 aliphatic rings. The average Bonchev–Trinajstić information content (AvgIpc) is 2.52. The number of nitriles is 1. The van der Waals surface area contributed by atoms with Crippen molar-refractivity contribution in [1.82, 2.24) is 0 Å². The Hall–Kier alpha value is -2.47. The predicted molar refractivity (Wildman–Crippen MR) is 76.7 cm³/mol. The van der Waals surface area contributed by atoms with Gasteiger partial charge < -0.3 is 10.1 Å². The summed E-state index contributed by atoms with van der Waals surface area (Å²) >= 11 is 0. The Bertz CT molecular complexity index is 717. The number of nitrogens with one attached hydrogen (secondary N) is 1. The van der Waals surface area contributed by atoms with E-state index in [1.807, 2.05) is 30.3 Å². The number of rotatable bonds is 0. The molecule has 0 aliphatic carbocycles. The number of hydrogen-bond acceptors (Lipinski definition) is 3. The summed E-state index contributed by atoms with van der Waals surface area (Å²) in [7, 11) is 0. The van der Waals surface area contributed by atoms with Crippen molar-refractivity contribution in [3.63, 3.8) is 0 Å². The molecule has 3 nitrogen and oxygen atoms in total. The van der Waals surface area contributed by atoms with Gasteiger partial charge in [-0.15, -0.1) is 0 Å². The van der Waals surface area contributed by atoms with Gasteiger partial charge in [0.2, 0.25) is 0 Å². The molecule has 2 unspecified atom stereocenters. The average molecular weight is 262 g/mol. The van der Waals surface area contributed by atoms with Crippen LogP contribution in [0.3, 0.4) is 0 Å². The quantitative estimate of drug-likeness (QED) is 0.792. The van der Waals surface area contributed by atoms with Crippen molar-refractivity contribution < 1.29 is 4.74 Å². The van der Waals surface area contributed by atoms with Gasteiger partial charge in [-0.3, -0.25) is 0 Å². The Morgan fingerprint density at radius 1 is 1.20 bits per heavy atom. The van der Waals surface area contributed by atoms with Gasteiger partial charge in [0, 0.05) is 17.2 Å². The highest BCUT2D eigenvalue weighted by Crippen LogP contribution is 2.43. The van der Waals surface area contributed by atoms with E-state index in [0.29, 0.717) is 11.5 Å². The van der Waals surface area contributed by atoms with E-state index < -0.39 is 0 Å². The van der Waals surface area contributed by atoms with Crippen LogP contribution in [0.25, 0.3) is 0 Å². The second kappa shape index (κ2) is 4.28. The minimum atomic E-state index is 0.279. The summed E-state index contributed by atoms with van der Waals surface area (Å²) in [5, 5.41) is 12.6. The standard InChI is InChI=1S/C17H14N2O/c18-9-11-5-6-12-8-13-10-20-16-4-2-1-3-14(16)17(13)19-15(12)7-11/h1-7,13,17,19H,8,10H2. The Morgan fingerprint density at radius 2 is 2.10 bits per heavy atom. The number of benzene rings is 2. The van der Waals surface area contributed by atoms with E-state index in [1.54, 1.807) is 0 Å². The number of para-hydroxylation sites is 1. The molecule has 2 aromatic rings. The van der Waals surface area contributed by atoms with E-state index >= 15 is 0 Å². The van der Waals surface area contributed by atoms with E-state index in [-0.39, 0.29) is 6.04 Å². The Kier molecular flexibility index (Phi) is 2.43. The molecule has 2 aliphatic heterocycles. The van der Waals surface area contributed by atoms with Crippen molar-refractivity contribution >= 4 is 5.69 Å². The third-order valence-electron chi connectivity index (χ3n) is 4.21. The van der Waals surface area contributed by atoms with Crippen molar-refractivity contribution in [3.05, 3.63) is 59.2 Å². The molecule has 0 saturated heterocycles. The lowest BCUT2D eigenvalue weighted by atomic mass is 9.82. The third kappa shape index (κ3) is 1.65. The van der Waals surface area contributed by atoms with Crippen molar-refractivity contribution in [2.45, 2.75) is 12.5 Å². The van der Waals surface area contributed by atoms with Crippen LogP contribution in [0.1, 0.15) is 22.7 Å². The van der Waals surface area contributed by atoms with Crippen LogP contribution in [-0.4, -0.2) is 6.61 Å². The van der Waals surface area contributed by atoms with E-state index in [0.717, 1.165) is 24.5 Å². The molecule has 0 saturated carbocycles. The van der Waals surface area contributed by atoms with Gasteiger partial charge in [0.15, 0.2) is 0 Å². The van der Waals surface area contributed by atoms with Gasteiger partial charge in [0.25, 0.3) is 0 Å². The van der Waals surface area contributed by atoms with Crippen LogP contribution in [0.4, 0.5) is 5.69 Å². The van der Waals surface area contributed by atoms with E-state index in [2.05, 4.69) is 23.5 Å². The van der Waals surface area contributed by atoms with Gasteiger partial charge in [-0.05, 0) is 30.2 Å². The maximum absolute atomic E-state index is 9.03. The molecule has 1 N–H and O–H groups in total. The molecule has 0 fully saturated rings. The minimum absolute atomic E-state index is 0.279. The molecule has 20 heavy (non-hydrogen) atoms. The number of anilines is 1. The highest BCUT2D eigenvalue weighted by Gasteiger charge is 2.34. The van der Waals surface area contributed by atoms with Gasteiger partial charge in [-0.25, -0.2) is 0 Å². The molecular weight excluding hydrogens is 248 g/mol. The number of nitrogens with zero attached hydrogens (tertiary/aromatic N) is 1. The molecule has 3 heteroatoms. The fourth-order valence-electron chi connectivity index (χ4n) is 3.20. The van der Waals surface area contributed by atoms with Gasteiger partial charge in [0.1, 0.15) is 5.75 Å². The fraction of sp³-hybridized carbons (Fsp3) is 0.235. The molecule has 0 bridgehead atoms. The summed E-state index contributed by atoms with van der Waals surface area (Å²) < 4.78 is 5.86. The van der Waals surface area contributed by atoms with Crippen LogP contribution in [-0.2, 0) is 6.42 Å². The van der Waals surface area contributed by atoms with Crippen LogP contribution in [0.5, 0.6) is 5.75 Å². The van der Waals surface area contributed by atoms with E-state index in [1.165, 1.54) is 11.1 Å². The van der Waals surface area contributed by atoms with E-state index in [4.69, 9.17) is 10.00 Å². The molecule has 98 valence electrons. The molecule has 0 amide bonds. The lowest BCUT2D eigenvalue weighted by molar-refractivity contribution is 0.197. The number of ether oxygens (including phenoxy) is 1. The van der Waals surface area contributed by atoms with E-state index in [9.17, 15) is 0 Å². The third-order valence-corrected chi connectivity index (χ3v) is 4.21. The van der Waals surface area contributed by atoms with Crippen LogP contribution in [0.15, 0.2) is 42.5 Å². The molecule has 4 rings (SSSR count). The normalized spacial score (nSPS) is 22.4. The molecule has 0 spiro atoms. The summed E-state index contributed by atoms with van der Waals surface area (Å²) in [5.74, 6) is 1.42. The predicted octanol–water partition coefficient (Wildman–Crippen LogP) is 3.28. The monoisotopic (exact) mass is 262 g/mol. The number of fused-ring (bicyclic) bond motifs is 4. The minimum Gasteiger partial charge on any atom is -0.493 e. The van der Waals surface area contributed by atoms with Crippen LogP contribution in [0.2, 0.25) is 0 Å². The fourth-order valence-corrected chi connectivity index (χ4v) is 3.20.